The Morgan fingerprint density at radius 2 is 2.04 bits per heavy atom. The SMILES string of the molecule is C=CCN(Cc1nc(-c2ccccc2)no1)C(=O)NC(C)(C)C. The van der Waals surface area contributed by atoms with Crippen molar-refractivity contribution in [1.82, 2.24) is 20.4 Å². The van der Waals surface area contributed by atoms with Crippen molar-refractivity contribution in [2.24, 2.45) is 0 Å². The van der Waals surface area contributed by atoms with Crippen LogP contribution >= 0.6 is 0 Å². The Morgan fingerprint density at radius 1 is 1.35 bits per heavy atom. The maximum Gasteiger partial charge on any atom is 0.318 e. The van der Waals surface area contributed by atoms with Crippen LogP contribution in [0.5, 0.6) is 0 Å². The van der Waals surface area contributed by atoms with Gasteiger partial charge in [-0.25, -0.2) is 4.79 Å². The van der Waals surface area contributed by atoms with Gasteiger partial charge in [0.15, 0.2) is 0 Å². The lowest BCUT2D eigenvalue weighted by Gasteiger charge is -2.26. The summed E-state index contributed by atoms with van der Waals surface area (Å²) in [7, 11) is 0. The van der Waals surface area contributed by atoms with Crippen LogP contribution in [0.1, 0.15) is 26.7 Å². The molecular weight excluding hydrogens is 292 g/mol. The predicted octanol–water partition coefficient (Wildman–Crippen LogP) is 3.23. The fourth-order valence-electron chi connectivity index (χ4n) is 1.96. The van der Waals surface area contributed by atoms with E-state index in [0.29, 0.717) is 18.3 Å². The van der Waals surface area contributed by atoms with Crippen molar-refractivity contribution < 1.29 is 9.32 Å². The normalized spacial score (nSPS) is 11.1. The maximum absolute atomic E-state index is 12.3. The Hall–Kier alpha value is -2.63. The predicted molar refractivity (Wildman–Crippen MR) is 88.6 cm³/mol. The van der Waals surface area contributed by atoms with Crippen molar-refractivity contribution >= 4 is 6.03 Å². The first kappa shape index (κ1) is 16.7. The molecule has 6 heteroatoms. The Labute approximate surface area is 136 Å². The molecule has 23 heavy (non-hydrogen) atoms. The molecule has 1 aromatic heterocycles. The van der Waals surface area contributed by atoms with Gasteiger partial charge in [0.1, 0.15) is 6.54 Å². The molecule has 0 radical (unpaired) electrons. The van der Waals surface area contributed by atoms with Gasteiger partial charge in [0.25, 0.3) is 0 Å². The highest BCUT2D eigenvalue weighted by Gasteiger charge is 2.21. The summed E-state index contributed by atoms with van der Waals surface area (Å²) in [6, 6.07) is 9.35. The third-order valence-electron chi connectivity index (χ3n) is 2.94. The van der Waals surface area contributed by atoms with Gasteiger partial charge in [0.2, 0.25) is 11.7 Å². The number of aromatic nitrogens is 2. The van der Waals surface area contributed by atoms with Crippen LogP contribution in [-0.2, 0) is 6.54 Å². The van der Waals surface area contributed by atoms with E-state index in [9.17, 15) is 4.79 Å². The van der Waals surface area contributed by atoms with E-state index < -0.39 is 0 Å². The summed E-state index contributed by atoms with van der Waals surface area (Å²) in [4.78, 5) is 18.2. The summed E-state index contributed by atoms with van der Waals surface area (Å²) in [5.74, 6) is 0.894. The summed E-state index contributed by atoms with van der Waals surface area (Å²) < 4.78 is 5.26. The second-order valence-electron chi connectivity index (χ2n) is 6.23. The second kappa shape index (κ2) is 7.09. The van der Waals surface area contributed by atoms with Gasteiger partial charge in [0, 0.05) is 17.6 Å². The molecule has 1 heterocycles. The van der Waals surface area contributed by atoms with E-state index in [0.717, 1.165) is 5.56 Å². The largest absolute Gasteiger partial charge is 0.337 e. The Kier molecular flexibility index (Phi) is 5.16. The van der Waals surface area contributed by atoms with Gasteiger partial charge in [-0.15, -0.1) is 6.58 Å². The first-order chi connectivity index (χ1) is 10.9. The van der Waals surface area contributed by atoms with Crippen LogP contribution in [0, 0.1) is 0 Å². The highest BCUT2D eigenvalue weighted by Crippen LogP contribution is 2.15. The molecule has 0 bridgehead atoms. The van der Waals surface area contributed by atoms with Crippen LogP contribution in [0.15, 0.2) is 47.5 Å². The number of nitrogens with zero attached hydrogens (tertiary/aromatic N) is 3. The Morgan fingerprint density at radius 3 is 2.65 bits per heavy atom. The monoisotopic (exact) mass is 314 g/mol. The Balaban J connectivity index is 2.10. The summed E-state index contributed by atoms with van der Waals surface area (Å²) >= 11 is 0. The van der Waals surface area contributed by atoms with Crippen LogP contribution in [0.25, 0.3) is 11.4 Å². The van der Waals surface area contributed by atoms with Crippen molar-refractivity contribution in [1.29, 1.82) is 0 Å². The number of nitrogens with one attached hydrogen (secondary N) is 1. The summed E-state index contributed by atoms with van der Waals surface area (Å²) in [5.41, 5.74) is 0.553. The number of hydrogen-bond donors (Lipinski definition) is 1. The van der Waals surface area contributed by atoms with Crippen LogP contribution in [-0.4, -0.2) is 33.2 Å². The zero-order valence-electron chi connectivity index (χ0n) is 13.7. The number of hydrogen-bond acceptors (Lipinski definition) is 4. The molecule has 2 rings (SSSR count). The van der Waals surface area contributed by atoms with Gasteiger partial charge in [-0.05, 0) is 20.8 Å². The molecule has 122 valence electrons. The molecule has 0 atom stereocenters. The summed E-state index contributed by atoms with van der Waals surface area (Å²) in [6.45, 7) is 10.1. The minimum absolute atomic E-state index is 0.197. The molecule has 2 aromatic rings. The molecular formula is C17H22N4O2. The zero-order chi connectivity index (χ0) is 16.9. The quantitative estimate of drug-likeness (QED) is 0.860. The third-order valence-corrected chi connectivity index (χ3v) is 2.94. The summed E-state index contributed by atoms with van der Waals surface area (Å²) in [6.07, 6.45) is 1.66. The van der Waals surface area contributed by atoms with Gasteiger partial charge in [0.05, 0.1) is 0 Å². The van der Waals surface area contributed by atoms with E-state index >= 15 is 0 Å². The lowest BCUT2D eigenvalue weighted by Crippen LogP contribution is -2.48. The van der Waals surface area contributed by atoms with Crippen LogP contribution in [0.2, 0.25) is 0 Å². The van der Waals surface area contributed by atoms with Gasteiger partial charge in [-0.1, -0.05) is 41.6 Å². The van der Waals surface area contributed by atoms with Crippen LogP contribution in [0.4, 0.5) is 4.79 Å². The van der Waals surface area contributed by atoms with Crippen LogP contribution < -0.4 is 5.32 Å². The molecule has 6 nitrogen and oxygen atoms in total. The Bertz CT molecular complexity index is 659. The average molecular weight is 314 g/mol. The molecule has 1 N–H and O–H groups in total. The van der Waals surface area contributed by atoms with E-state index in [1.54, 1.807) is 11.0 Å². The van der Waals surface area contributed by atoms with E-state index in [4.69, 9.17) is 4.52 Å². The zero-order valence-corrected chi connectivity index (χ0v) is 13.7. The fourth-order valence-corrected chi connectivity index (χ4v) is 1.96. The molecule has 0 aliphatic carbocycles. The number of carbonyl (C=O) groups is 1. The number of rotatable bonds is 5. The molecule has 0 fully saturated rings. The summed E-state index contributed by atoms with van der Waals surface area (Å²) in [5, 5.41) is 6.88. The number of urea groups is 1. The standard InChI is InChI=1S/C17H22N4O2/c1-5-11-21(16(22)19-17(2,3)4)12-14-18-15(20-23-14)13-9-7-6-8-10-13/h5-10H,1,11-12H2,2-4H3,(H,19,22). The van der Waals surface area contributed by atoms with Crippen LogP contribution in [0.3, 0.4) is 0 Å². The lowest BCUT2D eigenvalue weighted by atomic mass is 10.1. The third kappa shape index (κ3) is 4.95. The topological polar surface area (TPSA) is 71.3 Å². The first-order valence-electron chi connectivity index (χ1n) is 7.45. The van der Waals surface area contributed by atoms with E-state index in [-0.39, 0.29) is 18.1 Å². The molecule has 0 spiro atoms. The number of carbonyl (C=O) groups excluding carboxylic acids is 1. The van der Waals surface area contributed by atoms with E-state index in [2.05, 4.69) is 22.0 Å². The molecule has 0 unspecified atom stereocenters. The van der Waals surface area contributed by atoms with Crippen molar-refractivity contribution in [2.75, 3.05) is 6.54 Å². The van der Waals surface area contributed by atoms with Gasteiger partial charge in [-0.3, -0.25) is 0 Å². The average Bonchev–Trinajstić information content (AvgIpc) is 2.94. The number of benzene rings is 1. The highest BCUT2D eigenvalue weighted by molar-refractivity contribution is 5.75. The molecule has 2 amide bonds. The lowest BCUT2D eigenvalue weighted by molar-refractivity contribution is 0.184. The van der Waals surface area contributed by atoms with Crippen molar-refractivity contribution in [3.8, 4) is 11.4 Å². The molecule has 0 aliphatic heterocycles. The minimum atomic E-state index is -0.319. The van der Waals surface area contributed by atoms with Gasteiger partial charge >= 0.3 is 6.03 Å². The van der Waals surface area contributed by atoms with Crippen molar-refractivity contribution in [2.45, 2.75) is 32.9 Å². The highest BCUT2D eigenvalue weighted by atomic mass is 16.5. The smallest absolute Gasteiger partial charge is 0.318 e. The fraction of sp³-hybridized carbons (Fsp3) is 0.353. The van der Waals surface area contributed by atoms with Crippen molar-refractivity contribution in [3.63, 3.8) is 0 Å². The number of amides is 2. The van der Waals surface area contributed by atoms with Gasteiger partial charge < -0.3 is 14.7 Å². The van der Waals surface area contributed by atoms with E-state index in [1.807, 2.05) is 51.1 Å². The molecule has 1 aromatic carbocycles. The van der Waals surface area contributed by atoms with E-state index in [1.165, 1.54) is 0 Å². The molecule has 0 aliphatic rings. The van der Waals surface area contributed by atoms with Crippen molar-refractivity contribution in [3.05, 3.63) is 48.9 Å². The molecule has 0 saturated carbocycles. The van der Waals surface area contributed by atoms with Gasteiger partial charge in [-0.2, -0.15) is 4.98 Å². The molecule has 0 saturated heterocycles. The minimum Gasteiger partial charge on any atom is -0.337 e. The maximum atomic E-state index is 12.3. The first-order valence-corrected chi connectivity index (χ1v) is 7.45. The second-order valence-corrected chi connectivity index (χ2v) is 6.23.